The lowest BCUT2D eigenvalue weighted by Crippen LogP contribution is -1.98. The highest BCUT2D eigenvalue weighted by atomic mass is 16.5. The normalized spacial score (nSPS) is 10.8. The molecule has 0 saturated carbocycles. The lowest BCUT2D eigenvalue weighted by Gasteiger charge is -2.14. The Balaban J connectivity index is 1.47. The molecule has 0 radical (unpaired) electrons. The largest absolute Gasteiger partial charge is 0.489 e. The van der Waals surface area contributed by atoms with E-state index < -0.39 is 0 Å². The number of pyridine rings is 3. The molecule has 162 valence electrons. The molecule has 0 N–H and O–H groups in total. The van der Waals surface area contributed by atoms with Crippen molar-refractivity contribution in [2.45, 2.75) is 20.5 Å². The molecule has 0 amide bonds. The molecule has 5 rings (SSSR count). The molecule has 0 aliphatic carbocycles. The van der Waals surface area contributed by atoms with Crippen LogP contribution in [-0.2, 0) is 6.61 Å². The molecule has 5 aromatic rings. The van der Waals surface area contributed by atoms with Crippen molar-refractivity contribution in [2.75, 3.05) is 0 Å². The minimum atomic E-state index is 0.504. The van der Waals surface area contributed by atoms with Crippen molar-refractivity contribution in [3.05, 3.63) is 108 Å². The average Bonchev–Trinajstić information content (AvgIpc) is 2.86. The van der Waals surface area contributed by atoms with Crippen LogP contribution in [0.2, 0.25) is 0 Å². The van der Waals surface area contributed by atoms with Gasteiger partial charge in [-0.05, 0) is 61.4 Å². The maximum atomic E-state index is 6.40. The van der Waals surface area contributed by atoms with Gasteiger partial charge in [-0.2, -0.15) is 0 Å². The molecular formula is C28H23N3O2. The van der Waals surface area contributed by atoms with Gasteiger partial charge in [-0.15, -0.1) is 0 Å². The quantitative estimate of drug-likeness (QED) is 0.299. The summed E-state index contributed by atoms with van der Waals surface area (Å²) in [6.45, 7) is 4.52. The van der Waals surface area contributed by atoms with Crippen LogP contribution >= 0.6 is 0 Å². The zero-order valence-electron chi connectivity index (χ0n) is 18.5. The van der Waals surface area contributed by atoms with Gasteiger partial charge in [-0.1, -0.05) is 36.4 Å². The first-order valence-corrected chi connectivity index (χ1v) is 10.8. The van der Waals surface area contributed by atoms with Crippen molar-refractivity contribution >= 4 is 10.9 Å². The zero-order valence-corrected chi connectivity index (χ0v) is 18.5. The van der Waals surface area contributed by atoms with Crippen LogP contribution in [0.15, 0.2) is 91.3 Å². The van der Waals surface area contributed by atoms with Crippen LogP contribution in [0.25, 0.3) is 22.3 Å². The fourth-order valence-corrected chi connectivity index (χ4v) is 3.58. The lowest BCUT2D eigenvalue weighted by molar-refractivity contribution is 0.306. The highest BCUT2D eigenvalue weighted by Crippen LogP contribution is 2.36. The number of hydrogen-bond donors (Lipinski definition) is 0. The molecule has 0 aliphatic heterocycles. The summed E-state index contributed by atoms with van der Waals surface area (Å²) in [4.78, 5) is 13.8. The van der Waals surface area contributed by atoms with Gasteiger partial charge in [0, 0.05) is 29.5 Å². The first-order chi connectivity index (χ1) is 16.2. The van der Waals surface area contributed by atoms with E-state index in [0.29, 0.717) is 23.8 Å². The molecule has 3 aromatic heterocycles. The Morgan fingerprint density at radius 3 is 2.42 bits per heavy atom. The van der Waals surface area contributed by atoms with E-state index in [2.05, 4.69) is 9.97 Å². The third-order valence-electron chi connectivity index (χ3n) is 5.48. The van der Waals surface area contributed by atoms with Gasteiger partial charge in [0.15, 0.2) is 5.75 Å². The predicted molar refractivity (Wildman–Crippen MR) is 130 cm³/mol. The Hall–Kier alpha value is -4.25. The molecule has 0 spiro atoms. The Morgan fingerprint density at radius 1 is 0.758 bits per heavy atom. The second-order valence-electron chi connectivity index (χ2n) is 7.82. The van der Waals surface area contributed by atoms with Crippen LogP contribution in [0.5, 0.6) is 17.2 Å². The van der Waals surface area contributed by atoms with Gasteiger partial charge in [-0.25, -0.2) is 4.98 Å². The smallest absolute Gasteiger partial charge is 0.155 e. The number of ether oxygens (including phenoxy) is 2. The summed E-state index contributed by atoms with van der Waals surface area (Å²) in [5.74, 6) is 2.13. The number of benzene rings is 2. The van der Waals surface area contributed by atoms with Crippen LogP contribution in [0, 0.1) is 13.8 Å². The summed E-state index contributed by atoms with van der Waals surface area (Å²) >= 11 is 0. The van der Waals surface area contributed by atoms with Gasteiger partial charge in [0.2, 0.25) is 0 Å². The molecular weight excluding hydrogens is 410 g/mol. The van der Waals surface area contributed by atoms with Crippen LogP contribution in [0.1, 0.15) is 16.8 Å². The average molecular weight is 434 g/mol. The first-order valence-electron chi connectivity index (χ1n) is 10.8. The number of hydrogen-bond acceptors (Lipinski definition) is 5. The van der Waals surface area contributed by atoms with Crippen molar-refractivity contribution in [2.24, 2.45) is 0 Å². The summed E-state index contributed by atoms with van der Waals surface area (Å²) in [6.07, 6.45) is 3.50. The Morgan fingerprint density at radius 2 is 1.61 bits per heavy atom. The summed E-state index contributed by atoms with van der Waals surface area (Å²) < 4.78 is 12.4. The summed E-state index contributed by atoms with van der Waals surface area (Å²) in [7, 11) is 0. The Bertz CT molecular complexity index is 1400. The van der Waals surface area contributed by atoms with Gasteiger partial charge >= 0.3 is 0 Å². The fourth-order valence-electron chi connectivity index (χ4n) is 3.58. The standard InChI is InChI=1S/C28H23N3O2/c1-19-16-27(28(31-20(19)2)24-10-6-7-14-29-24)33-26-13-15-30-25-17-22(11-12-23(25)26)32-18-21-8-4-3-5-9-21/h3-17H,18H2,1-2H3. The van der Waals surface area contributed by atoms with Crippen molar-refractivity contribution in [1.29, 1.82) is 0 Å². The van der Waals surface area contributed by atoms with Crippen LogP contribution in [0.3, 0.4) is 0 Å². The predicted octanol–water partition coefficient (Wildman–Crippen LogP) is 6.68. The molecule has 5 nitrogen and oxygen atoms in total. The molecule has 5 heteroatoms. The van der Waals surface area contributed by atoms with Gasteiger partial charge in [-0.3, -0.25) is 9.97 Å². The van der Waals surface area contributed by atoms with Gasteiger partial charge in [0.1, 0.15) is 23.8 Å². The SMILES string of the molecule is Cc1cc(Oc2ccnc3cc(OCc4ccccc4)ccc23)c(-c2ccccn2)nc1C. The van der Waals surface area contributed by atoms with Crippen molar-refractivity contribution in [3.8, 4) is 28.6 Å². The fraction of sp³-hybridized carbons (Fsp3) is 0.107. The van der Waals surface area contributed by atoms with E-state index in [1.165, 1.54) is 0 Å². The van der Waals surface area contributed by atoms with Gasteiger partial charge < -0.3 is 9.47 Å². The first kappa shape index (κ1) is 20.6. The molecule has 0 atom stereocenters. The van der Waals surface area contributed by atoms with E-state index in [9.17, 15) is 0 Å². The van der Waals surface area contributed by atoms with Gasteiger partial charge in [0.05, 0.1) is 11.2 Å². The van der Waals surface area contributed by atoms with E-state index in [-0.39, 0.29) is 0 Å². The maximum Gasteiger partial charge on any atom is 0.155 e. The van der Waals surface area contributed by atoms with E-state index >= 15 is 0 Å². The number of rotatable bonds is 6. The third-order valence-corrected chi connectivity index (χ3v) is 5.48. The second-order valence-corrected chi connectivity index (χ2v) is 7.82. The minimum absolute atomic E-state index is 0.504. The topological polar surface area (TPSA) is 57.1 Å². The van der Waals surface area contributed by atoms with Crippen molar-refractivity contribution < 1.29 is 9.47 Å². The second kappa shape index (κ2) is 9.09. The number of fused-ring (bicyclic) bond motifs is 1. The molecule has 0 saturated heterocycles. The Labute approximate surface area is 192 Å². The van der Waals surface area contributed by atoms with E-state index in [1.54, 1.807) is 12.4 Å². The third kappa shape index (κ3) is 4.53. The molecule has 0 unspecified atom stereocenters. The monoisotopic (exact) mass is 433 g/mol. The number of aromatic nitrogens is 3. The van der Waals surface area contributed by atoms with Crippen LogP contribution < -0.4 is 9.47 Å². The molecule has 0 aliphatic rings. The highest BCUT2D eigenvalue weighted by molar-refractivity contribution is 5.86. The van der Waals surface area contributed by atoms with E-state index in [1.807, 2.05) is 92.7 Å². The maximum absolute atomic E-state index is 6.40. The van der Waals surface area contributed by atoms with Gasteiger partial charge in [0.25, 0.3) is 0 Å². The lowest BCUT2D eigenvalue weighted by atomic mass is 10.1. The van der Waals surface area contributed by atoms with E-state index in [4.69, 9.17) is 14.5 Å². The molecule has 2 aromatic carbocycles. The zero-order chi connectivity index (χ0) is 22.6. The minimum Gasteiger partial charge on any atom is -0.489 e. The Kier molecular flexibility index (Phi) is 5.68. The summed E-state index contributed by atoms with van der Waals surface area (Å²) in [5.41, 5.74) is 5.40. The van der Waals surface area contributed by atoms with Crippen LogP contribution in [0.4, 0.5) is 0 Å². The van der Waals surface area contributed by atoms with Crippen LogP contribution in [-0.4, -0.2) is 15.0 Å². The molecule has 33 heavy (non-hydrogen) atoms. The molecule has 0 bridgehead atoms. The summed E-state index contributed by atoms with van der Waals surface area (Å²) in [5, 5.41) is 0.898. The number of aryl methyl sites for hydroxylation is 2. The van der Waals surface area contributed by atoms with Crippen molar-refractivity contribution in [3.63, 3.8) is 0 Å². The van der Waals surface area contributed by atoms with E-state index in [0.717, 1.165) is 39.2 Å². The van der Waals surface area contributed by atoms with Crippen molar-refractivity contribution in [1.82, 2.24) is 15.0 Å². The molecule has 3 heterocycles. The number of nitrogens with zero attached hydrogens (tertiary/aromatic N) is 3. The molecule has 0 fully saturated rings. The summed E-state index contributed by atoms with van der Waals surface area (Å²) in [6, 6.07) is 25.6. The highest BCUT2D eigenvalue weighted by Gasteiger charge is 2.15.